The van der Waals surface area contributed by atoms with Crippen LogP contribution in [0.3, 0.4) is 0 Å². The standard InChI is InChI=1S/C16H12N2O/c1-11(19)13-9-16(12-5-3-2-4-6-12)18-15-7-8-17-10-14(13)15/h2-10H,1H3. The van der Waals surface area contributed by atoms with Gasteiger partial charge in [0.15, 0.2) is 5.78 Å². The molecule has 0 radical (unpaired) electrons. The van der Waals surface area contributed by atoms with Crippen molar-refractivity contribution in [2.24, 2.45) is 0 Å². The average Bonchev–Trinajstić information content (AvgIpc) is 2.47. The highest BCUT2D eigenvalue weighted by molar-refractivity contribution is 6.06. The molecule has 92 valence electrons. The molecule has 3 aromatic rings. The van der Waals surface area contributed by atoms with Gasteiger partial charge in [0.1, 0.15) is 0 Å². The molecule has 0 spiro atoms. The second-order valence-corrected chi connectivity index (χ2v) is 4.37. The molecule has 0 atom stereocenters. The number of fused-ring (bicyclic) bond motifs is 1. The Morgan fingerprint density at radius 3 is 2.63 bits per heavy atom. The first-order valence-electron chi connectivity index (χ1n) is 6.07. The van der Waals surface area contributed by atoms with Crippen LogP contribution in [0.1, 0.15) is 17.3 Å². The molecule has 0 fully saturated rings. The Kier molecular flexibility index (Phi) is 2.80. The van der Waals surface area contributed by atoms with Crippen LogP contribution in [-0.2, 0) is 0 Å². The predicted octanol–water partition coefficient (Wildman–Crippen LogP) is 3.50. The number of hydrogen-bond donors (Lipinski definition) is 0. The third-order valence-electron chi connectivity index (χ3n) is 3.06. The normalized spacial score (nSPS) is 10.6. The Morgan fingerprint density at radius 1 is 1.11 bits per heavy atom. The van der Waals surface area contributed by atoms with Crippen molar-refractivity contribution in [2.45, 2.75) is 6.92 Å². The fraction of sp³-hybridized carbons (Fsp3) is 0.0625. The molecule has 0 N–H and O–H groups in total. The summed E-state index contributed by atoms with van der Waals surface area (Å²) in [4.78, 5) is 20.4. The molecule has 3 nitrogen and oxygen atoms in total. The van der Waals surface area contributed by atoms with Crippen molar-refractivity contribution in [1.29, 1.82) is 0 Å². The zero-order valence-corrected chi connectivity index (χ0v) is 10.5. The third-order valence-corrected chi connectivity index (χ3v) is 3.06. The summed E-state index contributed by atoms with van der Waals surface area (Å²) >= 11 is 0. The van der Waals surface area contributed by atoms with E-state index in [1.807, 2.05) is 42.5 Å². The summed E-state index contributed by atoms with van der Waals surface area (Å²) in [6, 6.07) is 13.5. The van der Waals surface area contributed by atoms with Crippen LogP contribution in [0.4, 0.5) is 0 Å². The fourth-order valence-electron chi connectivity index (χ4n) is 2.12. The molecule has 0 aliphatic heterocycles. The number of carbonyl (C=O) groups is 1. The molecule has 0 saturated heterocycles. The highest BCUT2D eigenvalue weighted by Crippen LogP contribution is 2.24. The zero-order valence-electron chi connectivity index (χ0n) is 10.5. The molecule has 2 aromatic heterocycles. The van der Waals surface area contributed by atoms with Crippen LogP contribution >= 0.6 is 0 Å². The molecule has 1 aromatic carbocycles. The molecule has 0 aliphatic rings. The van der Waals surface area contributed by atoms with Gasteiger partial charge in [0, 0.05) is 28.9 Å². The molecule has 3 heteroatoms. The molecule has 2 heterocycles. The van der Waals surface area contributed by atoms with E-state index in [-0.39, 0.29) is 5.78 Å². The Labute approximate surface area is 111 Å². The summed E-state index contributed by atoms with van der Waals surface area (Å²) in [5, 5.41) is 0.801. The van der Waals surface area contributed by atoms with Crippen molar-refractivity contribution in [1.82, 2.24) is 9.97 Å². The van der Waals surface area contributed by atoms with E-state index in [0.29, 0.717) is 5.56 Å². The van der Waals surface area contributed by atoms with Crippen molar-refractivity contribution >= 4 is 16.7 Å². The molecule has 19 heavy (non-hydrogen) atoms. The first kappa shape index (κ1) is 11.5. The molecule has 0 saturated carbocycles. The monoisotopic (exact) mass is 248 g/mol. The van der Waals surface area contributed by atoms with Crippen LogP contribution in [0.2, 0.25) is 0 Å². The summed E-state index contributed by atoms with van der Waals surface area (Å²) in [7, 11) is 0. The van der Waals surface area contributed by atoms with E-state index >= 15 is 0 Å². The average molecular weight is 248 g/mol. The van der Waals surface area contributed by atoms with Crippen LogP contribution in [0.15, 0.2) is 54.9 Å². The lowest BCUT2D eigenvalue weighted by Gasteiger charge is -2.07. The van der Waals surface area contributed by atoms with Crippen molar-refractivity contribution in [3.05, 3.63) is 60.4 Å². The van der Waals surface area contributed by atoms with Gasteiger partial charge in [-0.25, -0.2) is 4.98 Å². The first-order chi connectivity index (χ1) is 9.25. The van der Waals surface area contributed by atoms with Crippen molar-refractivity contribution in [3.63, 3.8) is 0 Å². The van der Waals surface area contributed by atoms with Gasteiger partial charge in [-0.15, -0.1) is 0 Å². The van der Waals surface area contributed by atoms with E-state index in [2.05, 4.69) is 9.97 Å². The van der Waals surface area contributed by atoms with Crippen LogP contribution in [-0.4, -0.2) is 15.8 Å². The molecule has 0 bridgehead atoms. The van der Waals surface area contributed by atoms with Gasteiger partial charge < -0.3 is 0 Å². The maximum Gasteiger partial charge on any atom is 0.160 e. The van der Waals surface area contributed by atoms with E-state index in [0.717, 1.165) is 22.2 Å². The van der Waals surface area contributed by atoms with E-state index < -0.39 is 0 Å². The number of rotatable bonds is 2. The molecular formula is C16H12N2O. The summed E-state index contributed by atoms with van der Waals surface area (Å²) < 4.78 is 0. The van der Waals surface area contributed by atoms with E-state index in [1.54, 1.807) is 19.3 Å². The van der Waals surface area contributed by atoms with Gasteiger partial charge in [-0.05, 0) is 19.1 Å². The summed E-state index contributed by atoms with van der Waals surface area (Å²) in [6.45, 7) is 1.57. The van der Waals surface area contributed by atoms with Gasteiger partial charge in [0.25, 0.3) is 0 Å². The summed E-state index contributed by atoms with van der Waals surface area (Å²) in [5.74, 6) is 0.0255. The molecular weight excluding hydrogens is 236 g/mol. The quantitative estimate of drug-likeness (QED) is 0.652. The van der Waals surface area contributed by atoms with Crippen molar-refractivity contribution in [2.75, 3.05) is 0 Å². The Balaban J connectivity index is 2.31. The van der Waals surface area contributed by atoms with Crippen molar-refractivity contribution in [3.8, 4) is 11.3 Å². The van der Waals surface area contributed by atoms with Gasteiger partial charge in [0.2, 0.25) is 0 Å². The molecule has 0 amide bonds. The number of benzene rings is 1. The number of nitrogens with zero attached hydrogens (tertiary/aromatic N) is 2. The second-order valence-electron chi connectivity index (χ2n) is 4.37. The van der Waals surface area contributed by atoms with Gasteiger partial charge in [-0.2, -0.15) is 0 Å². The lowest BCUT2D eigenvalue weighted by Crippen LogP contribution is -1.97. The minimum atomic E-state index is 0.0255. The molecule has 0 unspecified atom stereocenters. The van der Waals surface area contributed by atoms with E-state index in [4.69, 9.17) is 0 Å². The first-order valence-corrected chi connectivity index (χ1v) is 6.07. The van der Waals surface area contributed by atoms with Gasteiger partial charge >= 0.3 is 0 Å². The number of pyridine rings is 2. The number of hydrogen-bond acceptors (Lipinski definition) is 3. The van der Waals surface area contributed by atoms with Crippen LogP contribution in [0, 0.1) is 0 Å². The largest absolute Gasteiger partial charge is 0.294 e. The van der Waals surface area contributed by atoms with Gasteiger partial charge in [-0.3, -0.25) is 9.78 Å². The summed E-state index contributed by atoms with van der Waals surface area (Å²) in [6.07, 6.45) is 3.38. The van der Waals surface area contributed by atoms with Crippen molar-refractivity contribution < 1.29 is 4.79 Å². The highest BCUT2D eigenvalue weighted by atomic mass is 16.1. The number of aromatic nitrogens is 2. The minimum absolute atomic E-state index is 0.0255. The maximum atomic E-state index is 11.8. The third kappa shape index (κ3) is 2.10. The smallest absolute Gasteiger partial charge is 0.160 e. The van der Waals surface area contributed by atoms with Crippen LogP contribution < -0.4 is 0 Å². The number of carbonyl (C=O) groups excluding carboxylic acids is 1. The second kappa shape index (κ2) is 4.61. The number of ketones is 1. The Hall–Kier alpha value is -2.55. The predicted molar refractivity (Wildman–Crippen MR) is 75.0 cm³/mol. The van der Waals surface area contributed by atoms with Gasteiger partial charge in [0.05, 0.1) is 11.2 Å². The van der Waals surface area contributed by atoms with Gasteiger partial charge in [-0.1, -0.05) is 30.3 Å². The minimum Gasteiger partial charge on any atom is -0.294 e. The topological polar surface area (TPSA) is 42.9 Å². The highest BCUT2D eigenvalue weighted by Gasteiger charge is 2.10. The number of Topliss-reactive ketones (excluding diaryl/α,β-unsaturated/α-hetero) is 1. The fourth-order valence-corrected chi connectivity index (χ4v) is 2.12. The SMILES string of the molecule is CC(=O)c1cc(-c2ccccc2)nc2ccncc12. The van der Waals surface area contributed by atoms with Crippen LogP contribution in [0.25, 0.3) is 22.2 Å². The lowest BCUT2D eigenvalue weighted by atomic mass is 10.0. The van der Waals surface area contributed by atoms with Crippen LogP contribution in [0.5, 0.6) is 0 Å². The summed E-state index contributed by atoms with van der Waals surface area (Å²) in [5.41, 5.74) is 3.27. The lowest BCUT2D eigenvalue weighted by molar-refractivity contribution is 0.101. The van der Waals surface area contributed by atoms with E-state index in [1.165, 1.54) is 0 Å². The molecule has 3 rings (SSSR count). The zero-order chi connectivity index (χ0) is 13.2. The Bertz CT molecular complexity index is 751. The maximum absolute atomic E-state index is 11.8. The Morgan fingerprint density at radius 2 is 1.89 bits per heavy atom. The van der Waals surface area contributed by atoms with E-state index in [9.17, 15) is 4.79 Å². The molecule has 0 aliphatic carbocycles.